The van der Waals surface area contributed by atoms with Gasteiger partial charge in [0.25, 0.3) is 0 Å². The molecule has 0 N–H and O–H groups in total. The summed E-state index contributed by atoms with van der Waals surface area (Å²) in [6.45, 7) is 0. The maximum atomic E-state index is 2.53. The quantitative estimate of drug-likeness (QED) is 0.431. The second-order valence-electron chi connectivity index (χ2n) is 10.0. The van der Waals surface area contributed by atoms with Crippen molar-refractivity contribution in [2.24, 2.45) is 11.8 Å². The Labute approximate surface area is 210 Å². The van der Waals surface area contributed by atoms with Crippen LogP contribution < -0.4 is 0 Å². The van der Waals surface area contributed by atoms with Crippen LogP contribution in [0.2, 0.25) is 0 Å². The van der Waals surface area contributed by atoms with E-state index in [9.17, 15) is 0 Å². The van der Waals surface area contributed by atoms with Crippen LogP contribution in [0.5, 0.6) is 0 Å². The van der Waals surface area contributed by atoms with Crippen molar-refractivity contribution < 1.29 is 0 Å². The summed E-state index contributed by atoms with van der Waals surface area (Å²) >= 11 is 2.00. The minimum atomic E-state index is 0.385. The van der Waals surface area contributed by atoms with E-state index in [1.165, 1.54) is 55.0 Å². The Balaban J connectivity index is 1.23. The predicted molar refractivity (Wildman–Crippen MR) is 147 cm³/mol. The topological polar surface area (TPSA) is 0 Å². The van der Waals surface area contributed by atoms with Crippen LogP contribution in [0.4, 0.5) is 0 Å². The molecule has 0 bridgehead atoms. The summed E-state index contributed by atoms with van der Waals surface area (Å²) in [7, 11) is 0. The van der Waals surface area contributed by atoms with Crippen molar-refractivity contribution >= 4 is 17.3 Å². The van der Waals surface area contributed by atoms with Crippen molar-refractivity contribution in [3.05, 3.63) is 166 Å². The van der Waals surface area contributed by atoms with Crippen molar-refractivity contribution in [3.8, 4) is 0 Å². The molecule has 8 rings (SSSR count). The molecule has 2 aromatic carbocycles. The van der Waals surface area contributed by atoms with Crippen molar-refractivity contribution in [1.29, 1.82) is 0 Å². The Bertz CT molecular complexity index is 1560. The molecule has 6 aliphatic rings. The molecule has 1 heteroatoms. The number of hydrogen-bond donors (Lipinski definition) is 0. The lowest BCUT2D eigenvalue weighted by Gasteiger charge is -2.42. The van der Waals surface area contributed by atoms with Crippen molar-refractivity contribution in [3.63, 3.8) is 0 Å². The molecule has 0 saturated carbocycles. The predicted octanol–water partition coefficient (Wildman–Crippen LogP) is 8.30. The summed E-state index contributed by atoms with van der Waals surface area (Å²) in [5.41, 5.74) is 12.7. The molecule has 0 radical (unpaired) electrons. The first kappa shape index (κ1) is 19.7. The molecular formula is C34H24S. The lowest BCUT2D eigenvalue weighted by atomic mass is 9.61. The molecule has 0 nitrogen and oxygen atoms in total. The van der Waals surface area contributed by atoms with Crippen LogP contribution in [0.15, 0.2) is 160 Å². The van der Waals surface area contributed by atoms with Gasteiger partial charge >= 0.3 is 0 Å². The van der Waals surface area contributed by atoms with Gasteiger partial charge in [-0.25, -0.2) is 0 Å². The van der Waals surface area contributed by atoms with E-state index in [4.69, 9.17) is 0 Å². The molecule has 2 aromatic rings. The third-order valence-corrected chi connectivity index (χ3v) is 9.60. The molecule has 35 heavy (non-hydrogen) atoms. The molecule has 4 unspecified atom stereocenters. The zero-order chi connectivity index (χ0) is 22.9. The second-order valence-corrected chi connectivity index (χ2v) is 11.2. The van der Waals surface area contributed by atoms with Gasteiger partial charge in [-0.1, -0.05) is 115 Å². The van der Waals surface area contributed by atoms with Gasteiger partial charge in [0.1, 0.15) is 0 Å². The Morgan fingerprint density at radius 2 is 1.46 bits per heavy atom. The fraction of sp³-hybridized carbons (Fsp3) is 0.118. The highest BCUT2D eigenvalue weighted by atomic mass is 32.2. The third kappa shape index (κ3) is 2.88. The summed E-state index contributed by atoms with van der Waals surface area (Å²) in [5.74, 6) is 1.23. The van der Waals surface area contributed by atoms with Crippen LogP contribution in [0, 0.1) is 11.8 Å². The Morgan fingerprint density at radius 1 is 0.657 bits per heavy atom. The SMILES string of the molecule is C1=CC2Sc3ccccc3C2C=C1C1=CC=C2C=CC3=C(c4ccccc4)C=CC4=CC=C1C2C43. The highest BCUT2D eigenvalue weighted by molar-refractivity contribution is 8.00. The van der Waals surface area contributed by atoms with Crippen LogP contribution >= 0.6 is 11.8 Å². The van der Waals surface area contributed by atoms with E-state index in [0.29, 0.717) is 23.0 Å². The van der Waals surface area contributed by atoms with E-state index in [1.807, 2.05) is 11.8 Å². The van der Waals surface area contributed by atoms with Gasteiger partial charge in [0.15, 0.2) is 0 Å². The van der Waals surface area contributed by atoms with E-state index in [1.54, 1.807) is 0 Å². The maximum absolute atomic E-state index is 2.53. The fourth-order valence-electron chi connectivity index (χ4n) is 6.65. The molecule has 4 atom stereocenters. The summed E-state index contributed by atoms with van der Waals surface area (Å²) in [4.78, 5) is 1.43. The van der Waals surface area contributed by atoms with Gasteiger partial charge in [0, 0.05) is 27.9 Å². The van der Waals surface area contributed by atoms with E-state index < -0.39 is 0 Å². The average molecular weight is 465 g/mol. The van der Waals surface area contributed by atoms with Gasteiger partial charge in [-0.2, -0.15) is 0 Å². The van der Waals surface area contributed by atoms with Gasteiger partial charge < -0.3 is 0 Å². The normalized spacial score (nSPS) is 28.9. The molecule has 0 fully saturated rings. The summed E-state index contributed by atoms with van der Waals surface area (Å²) < 4.78 is 0. The summed E-state index contributed by atoms with van der Waals surface area (Å²) in [6.07, 6.45) is 26.2. The smallest absolute Gasteiger partial charge is 0.0381 e. The van der Waals surface area contributed by atoms with Crippen molar-refractivity contribution in [1.82, 2.24) is 0 Å². The summed E-state index contributed by atoms with van der Waals surface area (Å²) in [5, 5.41) is 0.516. The molecule has 0 spiro atoms. The molecule has 0 saturated heterocycles. The highest BCUT2D eigenvalue weighted by Gasteiger charge is 2.41. The Morgan fingerprint density at radius 3 is 2.40 bits per heavy atom. The standard InChI is InChI=1S/C34H24S/c1-2-6-21(7-3-1)25-15-10-22-13-18-29-26(16-11-23-12-17-28(25)33(22)34(23)29)24-14-19-32-30(20-24)27-8-4-5-9-31(27)35-32/h1-20,30,32-34H. The largest absolute Gasteiger partial charge is 0.117 e. The van der Waals surface area contributed by atoms with E-state index >= 15 is 0 Å². The lowest BCUT2D eigenvalue weighted by molar-refractivity contribution is 0.561. The van der Waals surface area contributed by atoms with Crippen LogP contribution in [-0.4, -0.2) is 5.25 Å². The van der Waals surface area contributed by atoms with Gasteiger partial charge in [0.05, 0.1) is 0 Å². The van der Waals surface area contributed by atoms with Gasteiger partial charge in [0.2, 0.25) is 0 Å². The molecule has 5 aliphatic carbocycles. The first-order valence-electron chi connectivity index (χ1n) is 12.5. The Hall–Kier alpha value is -3.55. The molecular weight excluding hydrogens is 440 g/mol. The van der Waals surface area contributed by atoms with Crippen molar-refractivity contribution in [2.75, 3.05) is 0 Å². The first-order valence-corrected chi connectivity index (χ1v) is 13.4. The zero-order valence-electron chi connectivity index (χ0n) is 19.3. The zero-order valence-corrected chi connectivity index (χ0v) is 20.1. The number of rotatable bonds is 2. The first-order chi connectivity index (χ1) is 17.3. The minimum absolute atomic E-state index is 0.385. The van der Waals surface area contributed by atoms with Crippen LogP contribution in [0.3, 0.4) is 0 Å². The lowest BCUT2D eigenvalue weighted by Crippen LogP contribution is -2.30. The summed E-state index contributed by atoms with van der Waals surface area (Å²) in [6, 6.07) is 19.8. The maximum Gasteiger partial charge on any atom is 0.0381 e. The monoisotopic (exact) mass is 464 g/mol. The van der Waals surface area contributed by atoms with Gasteiger partial charge in [-0.15, -0.1) is 11.8 Å². The van der Waals surface area contributed by atoms with E-state index in [-0.39, 0.29) is 0 Å². The number of allylic oxidation sites excluding steroid dienone is 17. The van der Waals surface area contributed by atoms with Gasteiger partial charge in [-0.05, 0) is 56.2 Å². The number of benzene rings is 2. The third-order valence-electron chi connectivity index (χ3n) is 8.25. The van der Waals surface area contributed by atoms with Gasteiger partial charge in [-0.3, -0.25) is 0 Å². The highest BCUT2D eigenvalue weighted by Crippen LogP contribution is 2.55. The van der Waals surface area contributed by atoms with E-state index in [2.05, 4.69) is 121 Å². The van der Waals surface area contributed by atoms with E-state index in [0.717, 1.165) is 0 Å². The number of thioether (sulfide) groups is 1. The van der Waals surface area contributed by atoms with Crippen LogP contribution in [-0.2, 0) is 0 Å². The van der Waals surface area contributed by atoms with Crippen molar-refractivity contribution in [2.45, 2.75) is 16.1 Å². The fourth-order valence-corrected chi connectivity index (χ4v) is 7.97. The Kier molecular flexibility index (Phi) is 4.21. The molecule has 1 aliphatic heterocycles. The number of hydrogen-bond acceptors (Lipinski definition) is 1. The molecule has 166 valence electrons. The average Bonchev–Trinajstić information content (AvgIpc) is 3.30. The number of fused-ring (bicyclic) bond motifs is 3. The van der Waals surface area contributed by atoms with Crippen LogP contribution in [0.25, 0.3) is 5.57 Å². The molecule has 0 amide bonds. The molecule has 1 heterocycles. The second kappa shape index (κ2) is 7.47. The van der Waals surface area contributed by atoms with Crippen LogP contribution in [0.1, 0.15) is 17.0 Å². The minimum Gasteiger partial charge on any atom is -0.117 e. The molecule has 0 aromatic heterocycles.